The highest BCUT2D eigenvalue weighted by molar-refractivity contribution is 7.17. The zero-order chi connectivity index (χ0) is 16.9. The second-order valence-electron chi connectivity index (χ2n) is 6.87. The van der Waals surface area contributed by atoms with Crippen molar-refractivity contribution in [2.75, 3.05) is 25.0 Å². The number of carbonyl (C=O) groups is 2. The lowest BCUT2D eigenvalue weighted by molar-refractivity contribution is -0.117. The molecular weight excluding hydrogens is 322 g/mol. The molecule has 0 atom stereocenters. The number of likely N-dealkylation sites (tertiary alicyclic amines) is 1. The number of aryl methyl sites for hydroxylation is 1. The van der Waals surface area contributed by atoms with Crippen LogP contribution in [0, 0.1) is 0 Å². The lowest BCUT2D eigenvalue weighted by atomic mass is 9.95. The van der Waals surface area contributed by atoms with Gasteiger partial charge in [0.15, 0.2) is 0 Å². The van der Waals surface area contributed by atoms with Crippen LogP contribution in [0.15, 0.2) is 0 Å². The molecule has 1 aromatic heterocycles. The Hall–Kier alpha value is -1.40. The summed E-state index contributed by atoms with van der Waals surface area (Å²) in [6.07, 6.45) is 10.2. The zero-order valence-corrected chi connectivity index (χ0v) is 15.1. The van der Waals surface area contributed by atoms with Crippen LogP contribution in [-0.4, -0.2) is 36.3 Å². The summed E-state index contributed by atoms with van der Waals surface area (Å²) < 4.78 is 0. The number of nitrogens with two attached hydrogens (primary N) is 1. The molecule has 1 aliphatic heterocycles. The summed E-state index contributed by atoms with van der Waals surface area (Å²) in [5.41, 5.74) is 7.21. The van der Waals surface area contributed by atoms with E-state index in [-0.39, 0.29) is 5.91 Å². The molecular formula is C18H27N3O2S. The second kappa shape index (κ2) is 8.12. The lowest BCUT2D eigenvalue weighted by Gasteiger charge is -2.23. The van der Waals surface area contributed by atoms with Crippen molar-refractivity contribution >= 4 is 28.2 Å². The highest BCUT2D eigenvalue weighted by atomic mass is 32.1. The molecule has 3 rings (SSSR count). The fourth-order valence-corrected chi connectivity index (χ4v) is 5.07. The van der Waals surface area contributed by atoms with Gasteiger partial charge in [0.2, 0.25) is 5.91 Å². The topological polar surface area (TPSA) is 75.4 Å². The molecule has 1 saturated heterocycles. The smallest absolute Gasteiger partial charge is 0.251 e. The molecule has 1 aromatic rings. The Labute approximate surface area is 147 Å². The van der Waals surface area contributed by atoms with Gasteiger partial charge in [-0.2, -0.15) is 0 Å². The molecule has 3 N–H and O–H groups in total. The summed E-state index contributed by atoms with van der Waals surface area (Å²) in [4.78, 5) is 27.8. The van der Waals surface area contributed by atoms with Gasteiger partial charge in [0.1, 0.15) is 5.00 Å². The van der Waals surface area contributed by atoms with Crippen molar-refractivity contribution in [3.05, 3.63) is 16.0 Å². The minimum Gasteiger partial charge on any atom is -0.365 e. The Bertz CT molecular complexity index is 604. The summed E-state index contributed by atoms with van der Waals surface area (Å²) in [7, 11) is 0. The van der Waals surface area contributed by atoms with Gasteiger partial charge in [0, 0.05) is 4.88 Å². The van der Waals surface area contributed by atoms with Gasteiger partial charge in [-0.15, -0.1) is 11.3 Å². The molecule has 2 aliphatic rings. The number of anilines is 1. The summed E-state index contributed by atoms with van der Waals surface area (Å²) in [6.45, 7) is 2.37. The molecule has 2 heterocycles. The molecule has 1 fully saturated rings. The van der Waals surface area contributed by atoms with E-state index in [1.165, 1.54) is 35.5 Å². The quantitative estimate of drug-likeness (QED) is 0.877. The first-order valence-corrected chi connectivity index (χ1v) is 9.93. The molecule has 0 aromatic carbocycles. The number of fused-ring (bicyclic) bond motifs is 1. The van der Waals surface area contributed by atoms with Gasteiger partial charge in [-0.3, -0.25) is 14.5 Å². The van der Waals surface area contributed by atoms with Crippen LogP contribution in [0.1, 0.15) is 65.7 Å². The number of primary amides is 1. The Morgan fingerprint density at radius 1 is 1.00 bits per heavy atom. The third-order valence-electron chi connectivity index (χ3n) is 4.99. The molecule has 0 bridgehead atoms. The van der Waals surface area contributed by atoms with Crippen molar-refractivity contribution in [2.24, 2.45) is 5.73 Å². The predicted molar refractivity (Wildman–Crippen MR) is 97.6 cm³/mol. The molecule has 5 nitrogen and oxygen atoms in total. The van der Waals surface area contributed by atoms with Gasteiger partial charge in [-0.25, -0.2) is 0 Å². The lowest BCUT2D eigenvalue weighted by Crippen LogP contribution is -2.35. The van der Waals surface area contributed by atoms with Crippen LogP contribution in [0.2, 0.25) is 0 Å². The van der Waals surface area contributed by atoms with Crippen LogP contribution in [0.25, 0.3) is 0 Å². The minimum atomic E-state index is -0.420. The first kappa shape index (κ1) is 17.4. The molecule has 1 aliphatic carbocycles. The highest BCUT2D eigenvalue weighted by Crippen LogP contribution is 2.37. The third-order valence-corrected chi connectivity index (χ3v) is 6.19. The van der Waals surface area contributed by atoms with Crippen LogP contribution in [0.4, 0.5) is 5.00 Å². The number of nitrogens with one attached hydrogen (secondary N) is 1. The average Bonchev–Trinajstić information content (AvgIpc) is 2.87. The minimum absolute atomic E-state index is 0.0309. The Morgan fingerprint density at radius 3 is 2.38 bits per heavy atom. The molecule has 6 heteroatoms. The molecule has 132 valence electrons. The Morgan fingerprint density at radius 2 is 1.67 bits per heavy atom. The van der Waals surface area contributed by atoms with Crippen LogP contribution in [0.5, 0.6) is 0 Å². The largest absolute Gasteiger partial charge is 0.365 e. The maximum atomic E-state index is 12.5. The summed E-state index contributed by atoms with van der Waals surface area (Å²) in [5.74, 6) is -0.451. The van der Waals surface area contributed by atoms with Gasteiger partial charge in [-0.1, -0.05) is 19.3 Å². The fourth-order valence-electron chi connectivity index (χ4n) is 3.75. The van der Waals surface area contributed by atoms with E-state index >= 15 is 0 Å². The van der Waals surface area contributed by atoms with E-state index < -0.39 is 5.91 Å². The molecule has 0 radical (unpaired) electrons. The zero-order valence-electron chi connectivity index (χ0n) is 14.2. The van der Waals surface area contributed by atoms with Gasteiger partial charge in [-0.05, 0) is 57.2 Å². The molecule has 24 heavy (non-hydrogen) atoms. The number of nitrogens with zero attached hydrogens (tertiary/aromatic N) is 1. The SMILES string of the molecule is NC(=O)c1c(NC(=O)CN2CCCCCCC2)sc2c1CCCC2. The van der Waals surface area contributed by atoms with E-state index in [0.29, 0.717) is 17.1 Å². The molecule has 2 amide bonds. The standard InChI is InChI=1S/C18H27N3O2S/c19-17(23)16-13-8-4-5-9-14(13)24-18(16)20-15(22)12-21-10-6-2-1-3-7-11-21/h1-12H2,(H2,19,23)(H,20,22). The first-order valence-electron chi connectivity index (χ1n) is 9.11. The predicted octanol–water partition coefficient (Wildman–Crippen LogP) is 2.93. The highest BCUT2D eigenvalue weighted by Gasteiger charge is 2.25. The Balaban J connectivity index is 1.67. The van der Waals surface area contributed by atoms with Gasteiger partial charge >= 0.3 is 0 Å². The molecule has 0 unspecified atom stereocenters. The number of hydrogen-bond acceptors (Lipinski definition) is 4. The van der Waals surface area contributed by atoms with Crippen molar-refractivity contribution in [1.29, 1.82) is 0 Å². The van der Waals surface area contributed by atoms with Crippen LogP contribution in [0.3, 0.4) is 0 Å². The number of hydrogen-bond donors (Lipinski definition) is 2. The van der Waals surface area contributed by atoms with Crippen molar-refractivity contribution in [3.8, 4) is 0 Å². The Kier molecular flexibility index (Phi) is 5.89. The van der Waals surface area contributed by atoms with Crippen molar-refractivity contribution < 1.29 is 9.59 Å². The molecule has 0 spiro atoms. The maximum Gasteiger partial charge on any atom is 0.251 e. The van der Waals surface area contributed by atoms with E-state index in [2.05, 4.69) is 10.2 Å². The fraction of sp³-hybridized carbons (Fsp3) is 0.667. The van der Waals surface area contributed by atoms with Crippen molar-refractivity contribution in [1.82, 2.24) is 4.90 Å². The van der Waals surface area contributed by atoms with E-state index in [0.717, 1.165) is 57.2 Å². The maximum absolute atomic E-state index is 12.5. The van der Waals surface area contributed by atoms with E-state index in [9.17, 15) is 9.59 Å². The second-order valence-corrected chi connectivity index (χ2v) is 7.98. The summed E-state index contributed by atoms with van der Waals surface area (Å²) in [6, 6.07) is 0. The van der Waals surface area contributed by atoms with Gasteiger partial charge in [0.25, 0.3) is 5.91 Å². The number of amides is 2. The number of carbonyl (C=O) groups excluding carboxylic acids is 2. The normalized spacial score (nSPS) is 19.2. The van der Waals surface area contributed by atoms with E-state index in [1.807, 2.05) is 0 Å². The first-order chi connectivity index (χ1) is 11.6. The molecule has 0 saturated carbocycles. The van der Waals surface area contributed by atoms with Crippen LogP contribution in [-0.2, 0) is 17.6 Å². The van der Waals surface area contributed by atoms with Gasteiger partial charge in [0.05, 0.1) is 12.1 Å². The van der Waals surface area contributed by atoms with Crippen LogP contribution < -0.4 is 11.1 Å². The number of rotatable bonds is 4. The van der Waals surface area contributed by atoms with Gasteiger partial charge < -0.3 is 11.1 Å². The van der Waals surface area contributed by atoms with Crippen molar-refractivity contribution in [2.45, 2.75) is 57.8 Å². The van der Waals surface area contributed by atoms with Crippen molar-refractivity contribution in [3.63, 3.8) is 0 Å². The van der Waals surface area contributed by atoms with E-state index in [4.69, 9.17) is 5.73 Å². The third kappa shape index (κ3) is 4.16. The summed E-state index contributed by atoms with van der Waals surface area (Å²) in [5, 5.41) is 3.63. The summed E-state index contributed by atoms with van der Waals surface area (Å²) >= 11 is 1.54. The monoisotopic (exact) mass is 349 g/mol. The average molecular weight is 350 g/mol. The number of thiophene rings is 1. The van der Waals surface area contributed by atoms with Crippen LogP contribution >= 0.6 is 11.3 Å². The van der Waals surface area contributed by atoms with E-state index in [1.54, 1.807) is 0 Å².